The predicted octanol–water partition coefficient (Wildman–Crippen LogP) is 2.56. The highest BCUT2D eigenvalue weighted by Gasteiger charge is 2.19. The van der Waals surface area contributed by atoms with Gasteiger partial charge in [0.25, 0.3) is 5.69 Å². The van der Waals surface area contributed by atoms with E-state index in [1.807, 2.05) is 12.3 Å². The van der Waals surface area contributed by atoms with Crippen molar-refractivity contribution >= 4 is 33.4 Å². The van der Waals surface area contributed by atoms with Crippen LogP contribution in [0.4, 0.5) is 5.69 Å². The third kappa shape index (κ3) is 5.48. The fraction of sp³-hybridized carbons (Fsp3) is 0.500. The van der Waals surface area contributed by atoms with Crippen molar-refractivity contribution in [1.29, 1.82) is 0 Å². The Morgan fingerprint density at radius 3 is 2.84 bits per heavy atom. The van der Waals surface area contributed by atoms with Crippen LogP contribution in [0.15, 0.2) is 22.7 Å². The SMILES string of the molecule is CSCC(C)(O)CNCc1ccc(Br)c([N+](=O)[O-])c1. The number of nitrogens with zero attached hydrogens (tertiary/aromatic N) is 1. The molecular weight excluding hydrogens is 332 g/mol. The first-order valence-electron chi connectivity index (χ1n) is 5.70. The highest BCUT2D eigenvalue weighted by molar-refractivity contribution is 9.10. The zero-order chi connectivity index (χ0) is 14.5. The van der Waals surface area contributed by atoms with Crippen molar-refractivity contribution in [3.8, 4) is 0 Å². The van der Waals surface area contributed by atoms with Crippen LogP contribution in [0.5, 0.6) is 0 Å². The average Bonchev–Trinajstić information content (AvgIpc) is 2.30. The van der Waals surface area contributed by atoms with Gasteiger partial charge in [-0.05, 0) is 40.7 Å². The molecule has 0 heterocycles. The van der Waals surface area contributed by atoms with Crippen LogP contribution in [0.1, 0.15) is 12.5 Å². The lowest BCUT2D eigenvalue weighted by molar-refractivity contribution is -0.385. The van der Waals surface area contributed by atoms with Gasteiger partial charge in [-0.15, -0.1) is 0 Å². The molecule has 0 aliphatic carbocycles. The molecule has 1 aromatic rings. The van der Waals surface area contributed by atoms with Gasteiger partial charge >= 0.3 is 0 Å². The van der Waals surface area contributed by atoms with E-state index in [9.17, 15) is 15.2 Å². The minimum absolute atomic E-state index is 0.0511. The highest BCUT2D eigenvalue weighted by Crippen LogP contribution is 2.25. The summed E-state index contributed by atoms with van der Waals surface area (Å²) in [6.45, 7) is 2.69. The number of nitrogens with one attached hydrogen (secondary N) is 1. The number of benzene rings is 1. The molecule has 7 heteroatoms. The molecule has 1 atom stereocenters. The molecule has 2 N–H and O–H groups in total. The number of aliphatic hydroxyl groups is 1. The average molecular weight is 349 g/mol. The van der Waals surface area contributed by atoms with Crippen molar-refractivity contribution in [2.45, 2.75) is 19.1 Å². The molecule has 1 aromatic carbocycles. The van der Waals surface area contributed by atoms with Crippen molar-refractivity contribution in [2.75, 3.05) is 18.6 Å². The van der Waals surface area contributed by atoms with E-state index in [4.69, 9.17) is 0 Å². The summed E-state index contributed by atoms with van der Waals surface area (Å²) in [5.41, 5.74) is 0.0887. The van der Waals surface area contributed by atoms with E-state index in [0.29, 0.717) is 23.3 Å². The third-order valence-electron chi connectivity index (χ3n) is 2.50. The lowest BCUT2D eigenvalue weighted by Gasteiger charge is -2.22. The van der Waals surface area contributed by atoms with Crippen LogP contribution in [-0.2, 0) is 6.54 Å². The van der Waals surface area contributed by atoms with Crippen molar-refractivity contribution < 1.29 is 10.0 Å². The van der Waals surface area contributed by atoms with Crippen molar-refractivity contribution in [3.63, 3.8) is 0 Å². The van der Waals surface area contributed by atoms with Crippen molar-refractivity contribution in [3.05, 3.63) is 38.3 Å². The molecule has 0 saturated heterocycles. The van der Waals surface area contributed by atoms with Gasteiger partial charge in [0.2, 0.25) is 0 Å². The van der Waals surface area contributed by atoms with Gasteiger partial charge in [0, 0.05) is 24.9 Å². The minimum atomic E-state index is -0.777. The predicted molar refractivity (Wildman–Crippen MR) is 81.5 cm³/mol. The Morgan fingerprint density at radius 2 is 2.26 bits per heavy atom. The molecule has 0 aliphatic heterocycles. The van der Waals surface area contributed by atoms with Crippen LogP contribution in [-0.4, -0.2) is 34.2 Å². The van der Waals surface area contributed by atoms with Crippen LogP contribution in [0, 0.1) is 10.1 Å². The molecule has 0 bridgehead atoms. The van der Waals surface area contributed by atoms with Crippen LogP contribution < -0.4 is 5.32 Å². The lowest BCUT2D eigenvalue weighted by Crippen LogP contribution is -2.39. The number of hydrogen-bond acceptors (Lipinski definition) is 5. The van der Waals surface area contributed by atoms with E-state index in [1.165, 1.54) is 6.07 Å². The molecular formula is C12H17BrN2O3S. The molecule has 0 radical (unpaired) electrons. The fourth-order valence-corrected chi connectivity index (χ4v) is 2.76. The molecule has 0 spiro atoms. The highest BCUT2D eigenvalue weighted by atomic mass is 79.9. The Bertz CT molecular complexity index is 455. The second kappa shape index (κ2) is 7.23. The zero-order valence-corrected chi connectivity index (χ0v) is 13.3. The number of thioether (sulfide) groups is 1. The molecule has 19 heavy (non-hydrogen) atoms. The Labute approximate surface area is 125 Å². The number of halogens is 1. The smallest absolute Gasteiger partial charge is 0.283 e. The van der Waals surface area contributed by atoms with Crippen molar-refractivity contribution in [2.24, 2.45) is 0 Å². The minimum Gasteiger partial charge on any atom is -0.388 e. The van der Waals surface area contributed by atoms with E-state index >= 15 is 0 Å². The first-order chi connectivity index (χ1) is 8.85. The largest absolute Gasteiger partial charge is 0.388 e. The maximum Gasteiger partial charge on any atom is 0.283 e. The van der Waals surface area contributed by atoms with Crippen LogP contribution in [0.25, 0.3) is 0 Å². The van der Waals surface area contributed by atoms with E-state index in [0.717, 1.165) is 5.56 Å². The molecule has 0 amide bonds. The Morgan fingerprint density at radius 1 is 1.58 bits per heavy atom. The second-order valence-corrected chi connectivity index (χ2v) is 6.30. The molecule has 5 nitrogen and oxygen atoms in total. The number of hydrogen-bond donors (Lipinski definition) is 2. The molecule has 106 valence electrons. The van der Waals surface area contributed by atoms with Gasteiger partial charge in [-0.2, -0.15) is 11.8 Å². The van der Waals surface area contributed by atoms with Gasteiger partial charge < -0.3 is 10.4 Å². The van der Waals surface area contributed by atoms with E-state index in [-0.39, 0.29) is 5.69 Å². The number of rotatable bonds is 7. The standard InChI is InChI=1S/C12H17BrN2O3S/c1-12(16,8-19-2)7-14-6-9-3-4-10(13)11(5-9)15(17)18/h3-5,14,16H,6-8H2,1-2H3. The molecule has 0 aromatic heterocycles. The fourth-order valence-electron chi connectivity index (χ4n) is 1.65. The Kier molecular flexibility index (Phi) is 6.25. The molecule has 1 unspecified atom stereocenters. The van der Waals surface area contributed by atoms with Gasteiger partial charge in [0.15, 0.2) is 0 Å². The van der Waals surface area contributed by atoms with Gasteiger partial charge in [-0.25, -0.2) is 0 Å². The molecule has 1 rings (SSSR count). The lowest BCUT2D eigenvalue weighted by atomic mass is 10.1. The molecule has 0 aliphatic rings. The summed E-state index contributed by atoms with van der Waals surface area (Å²) >= 11 is 4.72. The van der Waals surface area contributed by atoms with Gasteiger partial charge in [0.1, 0.15) is 0 Å². The van der Waals surface area contributed by atoms with Crippen LogP contribution in [0.2, 0.25) is 0 Å². The van der Waals surface area contributed by atoms with Gasteiger partial charge in [0.05, 0.1) is 15.0 Å². The Balaban J connectivity index is 2.59. The zero-order valence-electron chi connectivity index (χ0n) is 10.9. The molecule has 0 saturated carbocycles. The summed E-state index contributed by atoms with van der Waals surface area (Å²) in [7, 11) is 0. The summed E-state index contributed by atoms with van der Waals surface area (Å²) in [4.78, 5) is 10.4. The molecule has 0 fully saturated rings. The van der Waals surface area contributed by atoms with Gasteiger partial charge in [-0.1, -0.05) is 6.07 Å². The normalized spacial score (nSPS) is 14.1. The number of nitro groups is 1. The van der Waals surface area contributed by atoms with E-state index in [2.05, 4.69) is 21.2 Å². The second-order valence-electron chi connectivity index (χ2n) is 4.58. The maximum atomic E-state index is 10.8. The topological polar surface area (TPSA) is 75.4 Å². The van der Waals surface area contributed by atoms with Crippen molar-refractivity contribution in [1.82, 2.24) is 5.32 Å². The van der Waals surface area contributed by atoms with Crippen LogP contribution in [0.3, 0.4) is 0 Å². The Hall–Kier alpha value is -0.630. The maximum absolute atomic E-state index is 10.8. The summed E-state index contributed by atoms with van der Waals surface area (Å²) < 4.78 is 0.468. The quantitative estimate of drug-likeness (QED) is 0.585. The summed E-state index contributed by atoms with van der Waals surface area (Å²) in [5, 5.41) is 23.9. The summed E-state index contributed by atoms with van der Waals surface area (Å²) in [6, 6.07) is 5.00. The summed E-state index contributed by atoms with van der Waals surface area (Å²) in [5.74, 6) is 0.639. The van der Waals surface area contributed by atoms with Gasteiger partial charge in [-0.3, -0.25) is 10.1 Å². The third-order valence-corrected chi connectivity index (χ3v) is 4.08. The number of nitro benzene ring substituents is 1. The van der Waals surface area contributed by atoms with E-state index < -0.39 is 10.5 Å². The first-order valence-corrected chi connectivity index (χ1v) is 7.89. The van der Waals surface area contributed by atoms with E-state index in [1.54, 1.807) is 24.8 Å². The first kappa shape index (κ1) is 16.4. The monoisotopic (exact) mass is 348 g/mol. The van der Waals surface area contributed by atoms with Crippen LogP contribution >= 0.6 is 27.7 Å². The summed E-state index contributed by atoms with van der Waals surface area (Å²) in [6.07, 6.45) is 1.94.